The number of hydrogen-bond acceptors (Lipinski definition) is 5. The van der Waals surface area contributed by atoms with E-state index in [1.54, 1.807) is 28.0 Å². The van der Waals surface area contributed by atoms with Crippen LogP contribution in [0.15, 0.2) is 66.0 Å². The molecule has 5 rings (SSSR count). The lowest BCUT2D eigenvalue weighted by Gasteiger charge is -2.43. The summed E-state index contributed by atoms with van der Waals surface area (Å²) in [5.41, 5.74) is 3.71. The van der Waals surface area contributed by atoms with Gasteiger partial charge >= 0.3 is 0 Å². The Labute approximate surface area is 214 Å². The summed E-state index contributed by atoms with van der Waals surface area (Å²) in [6, 6.07) is 19.2. The molecule has 0 saturated carbocycles. The largest absolute Gasteiger partial charge is 0.497 e. The molecule has 2 amide bonds. The molecule has 0 saturated heterocycles. The monoisotopic (exact) mass is 500 g/mol. The van der Waals surface area contributed by atoms with Crippen molar-refractivity contribution in [2.75, 3.05) is 12.0 Å². The molecule has 0 fully saturated rings. The second-order valence-corrected chi connectivity index (χ2v) is 10.2. The van der Waals surface area contributed by atoms with Crippen molar-refractivity contribution >= 4 is 28.8 Å². The predicted molar refractivity (Wildman–Crippen MR) is 142 cm³/mol. The number of anilines is 1. The number of aromatic nitrogens is 2. The van der Waals surface area contributed by atoms with Crippen molar-refractivity contribution in [1.82, 2.24) is 15.1 Å². The van der Waals surface area contributed by atoms with E-state index in [-0.39, 0.29) is 18.4 Å². The van der Waals surface area contributed by atoms with Gasteiger partial charge in [0.2, 0.25) is 5.91 Å². The Hall–Kier alpha value is -3.91. The van der Waals surface area contributed by atoms with Crippen molar-refractivity contribution in [3.63, 3.8) is 0 Å². The minimum Gasteiger partial charge on any atom is -0.497 e. The lowest BCUT2D eigenvalue weighted by molar-refractivity contribution is -0.126. The number of nitrogens with one attached hydrogen (secondary N) is 1. The molecule has 3 heterocycles. The van der Waals surface area contributed by atoms with Crippen LogP contribution in [-0.4, -0.2) is 34.2 Å². The molecular weight excluding hydrogens is 472 g/mol. The highest BCUT2D eigenvalue weighted by atomic mass is 32.1. The lowest BCUT2D eigenvalue weighted by Crippen LogP contribution is -2.64. The first-order valence-electron chi connectivity index (χ1n) is 11.7. The molecule has 184 valence electrons. The third-order valence-corrected chi connectivity index (χ3v) is 7.51. The zero-order valence-corrected chi connectivity index (χ0v) is 21.6. The van der Waals surface area contributed by atoms with Crippen LogP contribution in [0.3, 0.4) is 0 Å². The van der Waals surface area contributed by atoms with Gasteiger partial charge in [0.25, 0.3) is 5.91 Å². The molecule has 0 radical (unpaired) electrons. The maximum atomic E-state index is 14.0. The fourth-order valence-electron chi connectivity index (χ4n) is 4.68. The normalized spacial score (nSPS) is 17.1. The van der Waals surface area contributed by atoms with Gasteiger partial charge < -0.3 is 10.1 Å². The Morgan fingerprint density at radius 2 is 1.92 bits per heavy atom. The molecule has 0 spiro atoms. The second kappa shape index (κ2) is 9.28. The average Bonchev–Trinajstić information content (AvgIpc) is 3.54. The number of thiophene rings is 1. The highest BCUT2D eigenvalue weighted by Crippen LogP contribution is 2.36. The number of aryl methyl sites for hydroxylation is 2. The zero-order chi connectivity index (χ0) is 25.4. The van der Waals surface area contributed by atoms with Crippen LogP contribution in [0.2, 0.25) is 0 Å². The Kier molecular flexibility index (Phi) is 6.14. The molecule has 1 atom stereocenters. The predicted octanol–water partition coefficient (Wildman–Crippen LogP) is 4.97. The zero-order valence-electron chi connectivity index (χ0n) is 20.7. The summed E-state index contributed by atoms with van der Waals surface area (Å²) >= 11 is 1.57. The fraction of sp³-hybridized carbons (Fsp3) is 0.250. The SMILES string of the molecule is COc1ccc(CNC(=O)[C@]2(C)Cn3nc(-c4cccs4)cc3C(=O)N2c2ccc(C)cc2C)cc1. The number of fused-ring (bicyclic) bond motifs is 1. The molecule has 2 aromatic carbocycles. The van der Waals surface area contributed by atoms with Gasteiger partial charge in [-0.1, -0.05) is 35.9 Å². The van der Waals surface area contributed by atoms with Crippen LogP contribution in [-0.2, 0) is 17.9 Å². The van der Waals surface area contributed by atoms with Crippen LogP contribution in [0.25, 0.3) is 10.6 Å². The molecule has 1 N–H and O–H groups in total. The van der Waals surface area contributed by atoms with Gasteiger partial charge in [-0.25, -0.2) is 0 Å². The van der Waals surface area contributed by atoms with E-state index in [9.17, 15) is 9.59 Å². The standard InChI is InChI=1S/C28H28N4O3S/c1-18-7-12-23(19(2)14-18)32-26(33)24-15-22(25-6-5-13-36-25)30-31(24)17-28(32,3)27(34)29-16-20-8-10-21(35-4)11-9-20/h5-15H,16-17H2,1-4H3,(H,29,34)/t28-/m0/s1. The van der Waals surface area contributed by atoms with Crippen molar-refractivity contribution in [3.8, 4) is 16.3 Å². The second-order valence-electron chi connectivity index (χ2n) is 9.28. The van der Waals surface area contributed by atoms with Crippen LogP contribution in [0, 0.1) is 13.8 Å². The summed E-state index contributed by atoms with van der Waals surface area (Å²) in [6.07, 6.45) is 0. The Bertz CT molecular complexity index is 1430. The van der Waals surface area contributed by atoms with Crippen LogP contribution in [0.5, 0.6) is 5.75 Å². The number of amides is 2. The van der Waals surface area contributed by atoms with E-state index in [1.807, 2.05) is 86.8 Å². The third kappa shape index (κ3) is 4.18. The molecule has 0 bridgehead atoms. The average molecular weight is 501 g/mol. The summed E-state index contributed by atoms with van der Waals surface area (Å²) < 4.78 is 6.89. The summed E-state index contributed by atoms with van der Waals surface area (Å²) in [5.74, 6) is 0.264. The highest BCUT2D eigenvalue weighted by Gasteiger charge is 2.49. The maximum Gasteiger partial charge on any atom is 0.277 e. The first-order chi connectivity index (χ1) is 17.3. The molecule has 2 aromatic heterocycles. The van der Waals surface area contributed by atoms with Crippen LogP contribution in [0.1, 0.15) is 34.1 Å². The third-order valence-electron chi connectivity index (χ3n) is 6.62. The Balaban J connectivity index is 1.52. The molecule has 8 heteroatoms. The van der Waals surface area contributed by atoms with Gasteiger partial charge in [0.05, 0.1) is 18.5 Å². The van der Waals surface area contributed by atoms with Crippen molar-refractivity contribution in [2.24, 2.45) is 0 Å². The number of carbonyl (C=O) groups excluding carboxylic acids is 2. The molecule has 1 aliphatic heterocycles. The first-order valence-corrected chi connectivity index (χ1v) is 12.6. The molecule has 36 heavy (non-hydrogen) atoms. The van der Waals surface area contributed by atoms with Crippen LogP contribution >= 0.6 is 11.3 Å². The Morgan fingerprint density at radius 3 is 2.58 bits per heavy atom. The van der Waals surface area contributed by atoms with Gasteiger partial charge in [0, 0.05) is 12.2 Å². The molecule has 0 unspecified atom stereocenters. The van der Waals surface area contributed by atoms with E-state index in [4.69, 9.17) is 9.84 Å². The van der Waals surface area contributed by atoms with Crippen molar-refractivity contribution in [3.05, 3.63) is 88.4 Å². The van der Waals surface area contributed by atoms with Crippen LogP contribution in [0.4, 0.5) is 5.69 Å². The van der Waals surface area contributed by atoms with Crippen molar-refractivity contribution < 1.29 is 14.3 Å². The molecule has 1 aliphatic rings. The van der Waals surface area contributed by atoms with Gasteiger partial charge in [0.1, 0.15) is 22.7 Å². The van der Waals surface area contributed by atoms with Gasteiger partial charge in [-0.2, -0.15) is 5.10 Å². The minimum atomic E-state index is -1.19. The number of benzene rings is 2. The molecule has 4 aromatic rings. The van der Waals surface area contributed by atoms with Gasteiger partial charge in [-0.15, -0.1) is 11.3 Å². The van der Waals surface area contributed by atoms with Crippen molar-refractivity contribution in [1.29, 1.82) is 0 Å². The number of hydrogen-bond donors (Lipinski definition) is 1. The smallest absolute Gasteiger partial charge is 0.277 e. The Morgan fingerprint density at radius 1 is 1.14 bits per heavy atom. The molecular formula is C28H28N4O3S. The minimum absolute atomic E-state index is 0.237. The molecule has 0 aliphatic carbocycles. The van der Waals surface area contributed by atoms with Crippen LogP contribution < -0.4 is 15.0 Å². The number of nitrogens with zero attached hydrogens (tertiary/aromatic N) is 3. The van der Waals surface area contributed by atoms with E-state index in [0.717, 1.165) is 38.7 Å². The summed E-state index contributed by atoms with van der Waals surface area (Å²) in [5, 5.41) is 9.74. The van der Waals surface area contributed by atoms with E-state index < -0.39 is 5.54 Å². The van der Waals surface area contributed by atoms with E-state index in [2.05, 4.69) is 5.32 Å². The van der Waals surface area contributed by atoms with Gasteiger partial charge in [-0.3, -0.25) is 19.2 Å². The topological polar surface area (TPSA) is 76.5 Å². The van der Waals surface area contributed by atoms with E-state index in [0.29, 0.717) is 12.2 Å². The lowest BCUT2D eigenvalue weighted by atomic mass is 9.92. The van der Waals surface area contributed by atoms with Crippen molar-refractivity contribution in [2.45, 2.75) is 39.4 Å². The quantitative estimate of drug-likeness (QED) is 0.405. The van der Waals surface area contributed by atoms with E-state index >= 15 is 0 Å². The number of methoxy groups -OCH3 is 1. The summed E-state index contributed by atoms with van der Waals surface area (Å²) in [6.45, 7) is 6.36. The fourth-order valence-corrected chi connectivity index (χ4v) is 5.36. The maximum absolute atomic E-state index is 14.0. The number of ether oxygens (including phenoxy) is 1. The number of carbonyl (C=O) groups is 2. The summed E-state index contributed by atoms with van der Waals surface area (Å²) in [7, 11) is 1.62. The summed E-state index contributed by atoms with van der Waals surface area (Å²) in [4.78, 5) is 30.4. The first kappa shape index (κ1) is 23.8. The number of rotatable bonds is 6. The molecule has 7 nitrogen and oxygen atoms in total. The highest BCUT2D eigenvalue weighted by molar-refractivity contribution is 7.13. The van der Waals surface area contributed by atoms with E-state index in [1.165, 1.54) is 0 Å². The van der Waals surface area contributed by atoms with Gasteiger partial charge in [-0.05, 0) is 67.6 Å². The van der Waals surface area contributed by atoms with Gasteiger partial charge in [0.15, 0.2) is 0 Å².